The molecule has 0 aliphatic carbocycles. The van der Waals surface area contributed by atoms with Crippen molar-refractivity contribution in [1.82, 2.24) is 4.90 Å². The van der Waals surface area contributed by atoms with Crippen molar-refractivity contribution in [2.24, 2.45) is 5.92 Å². The van der Waals surface area contributed by atoms with Crippen LogP contribution in [-0.2, 0) is 16.1 Å². The summed E-state index contributed by atoms with van der Waals surface area (Å²) in [6.07, 6.45) is 0.845. The monoisotopic (exact) mass is 247 g/mol. The fourth-order valence-electron chi connectivity index (χ4n) is 2.50. The van der Waals surface area contributed by atoms with Gasteiger partial charge in [-0.25, -0.2) is 0 Å². The number of carbonyl (C=O) groups is 1. The molecule has 3 rings (SSSR count). The molecule has 18 heavy (non-hydrogen) atoms. The normalized spacial score (nSPS) is 23.1. The highest BCUT2D eigenvalue weighted by atomic mass is 16.5. The van der Waals surface area contributed by atoms with Crippen LogP contribution in [0.3, 0.4) is 0 Å². The molecule has 0 aromatic heterocycles. The molecule has 1 atom stereocenters. The molecular formula is C14H17NO3. The quantitative estimate of drug-likeness (QED) is 0.754. The molecule has 1 amide bonds. The van der Waals surface area contributed by atoms with E-state index in [2.05, 4.69) is 0 Å². The summed E-state index contributed by atoms with van der Waals surface area (Å²) in [5.41, 5.74) is 1.09. The molecule has 0 unspecified atom stereocenters. The molecule has 1 aromatic carbocycles. The topological polar surface area (TPSA) is 38.8 Å². The van der Waals surface area contributed by atoms with Gasteiger partial charge in [0.2, 0.25) is 5.91 Å². The lowest BCUT2D eigenvalue weighted by Gasteiger charge is -2.22. The van der Waals surface area contributed by atoms with Gasteiger partial charge in [0, 0.05) is 18.7 Å². The first-order valence-electron chi connectivity index (χ1n) is 6.42. The van der Waals surface area contributed by atoms with E-state index in [-0.39, 0.29) is 11.8 Å². The number of ether oxygens (including phenoxy) is 2. The number of amides is 1. The van der Waals surface area contributed by atoms with Crippen LogP contribution in [0.1, 0.15) is 12.0 Å². The second kappa shape index (κ2) is 4.98. The highest BCUT2D eigenvalue weighted by Gasteiger charge is 2.29. The number of fused-ring (bicyclic) bond motifs is 1. The van der Waals surface area contributed by atoms with Crippen LogP contribution in [-0.4, -0.2) is 37.2 Å². The highest BCUT2D eigenvalue weighted by Crippen LogP contribution is 2.24. The van der Waals surface area contributed by atoms with Crippen molar-refractivity contribution in [1.29, 1.82) is 0 Å². The fourth-order valence-corrected chi connectivity index (χ4v) is 2.50. The van der Waals surface area contributed by atoms with Gasteiger partial charge in [-0.05, 0) is 12.5 Å². The SMILES string of the molecule is O=C([C@@H]1CCOC1)N1CCOc2ccccc2C1. The molecule has 4 nitrogen and oxygen atoms in total. The van der Waals surface area contributed by atoms with Crippen molar-refractivity contribution in [3.8, 4) is 5.75 Å². The minimum atomic E-state index is 0.0373. The highest BCUT2D eigenvalue weighted by molar-refractivity contribution is 5.79. The molecule has 2 aliphatic heterocycles. The standard InChI is InChI=1S/C14H17NO3/c16-14(12-5-7-17-10-12)15-6-8-18-13-4-2-1-3-11(13)9-15/h1-4,12H,5-10H2/t12-/m1/s1. The Balaban J connectivity index is 1.76. The van der Waals surface area contributed by atoms with Crippen LogP contribution in [0, 0.1) is 5.92 Å². The molecule has 0 bridgehead atoms. The van der Waals surface area contributed by atoms with Crippen LogP contribution >= 0.6 is 0 Å². The number of benzene rings is 1. The Hall–Kier alpha value is -1.55. The van der Waals surface area contributed by atoms with Gasteiger partial charge in [-0.2, -0.15) is 0 Å². The molecule has 0 spiro atoms. The van der Waals surface area contributed by atoms with Gasteiger partial charge in [-0.3, -0.25) is 4.79 Å². The molecule has 0 saturated carbocycles. The van der Waals surface area contributed by atoms with E-state index in [1.807, 2.05) is 29.2 Å². The largest absolute Gasteiger partial charge is 0.491 e. The van der Waals surface area contributed by atoms with Gasteiger partial charge in [-0.1, -0.05) is 18.2 Å². The molecule has 0 radical (unpaired) electrons. The Morgan fingerprint density at radius 3 is 3.00 bits per heavy atom. The van der Waals surface area contributed by atoms with Crippen LogP contribution in [0.15, 0.2) is 24.3 Å². The maximum absolute atomic E-state index is 12.4. The van der Waals surface area contributed by atoms with Crippen molar-refractivity contribution < 1.29 is 14.3 Å². The average molecular weight is 247 g/mol. The lowest BCUT2D eigenvalue weighted by atomic mass is 10.1. The molecule has 1 fully saturated rings. The first-order chi connectivity index (χ1) is 8.84. The van der Waals surface area contributed by atoms with Gasteiger partial charge in [0.1, 0.15) is 12.4 Å². The van der Waals surface area contributed by atoms with E-state index in [0.717, 1.165) is 17.7 Å². The lowest BCUT2D eigenvalue weighted by molar-refractivity contribution is -0.136. The molecule has 1 saturated heterocycles. The van der Waals surface area contributed by atoms with E-state index in [0.29, 0.717) is 32.9 Å². The third-order valence-electron chi connectivity index (χ3n) is 3.54. The predicted molar refractivity (Wildman–Crippen MR) is 66.3 cm³/mol. The van der Waals surface area contributed by atoms with Crippen LogP contribution < -0.4 is 4.74 Å². The first kappa shape index (κ1) is 11.5. The van der Waals surface area contributed by atoms with E-state index in [4.69, 9.17) is 9.47 Å². The summed E-state index contributed by atoms with van der Waals surface area (Å²) < 4.78 is 11.0. The molecule has 96 valence electrons. The van der Waals surface area contributed by atoms with Crippen LogP contribution in [0.4, 0.5) is 0 Å². The molecule has 2 heterocycles. The molecular weight excluding hydrogens is 230 g/mol. The van der Waals surface area contributed by atoms with E-state index in [9.17, 15) is 4.79 Å². The summed E-state index contributed by atoms with van der Waals surface area (Å²) in [4.78, 5) is 14.2. The van der Waals surface area contributed by atoms with E-state index in [1.54, 1.807) is 0 Å². The fraction of sp³-hybridized carbons (Fsp3) is 0.500. The predicted octanol–water partition coefficient (Wildman–Crippen LogP) is 1.44. The van der Waals surface area contributed by atoms with Gasteiger partial charge in [-0.15, -0.1) is 0 Å². The minimum Gasteiger partial charge on any atom is -0.491 e. The molecule has 4 heteroatoms. The van der Waals surface area contributed by atoms with Gasteiger partial charge in [0.25, 0.3) is 0 Å². The van der Waals surface area contributed by atoms with Crippen LogP contribution in [0.25, 0.3) is 0 Å². The Morgan fingerprint density at radius 1 is 1.28 bits per heavy atom. The van der Waals surface area contributed by atoms with Gasteiger partial charge in [0.15, 0.2) is 0 Å². The third-order valence-corrected chi connectivity index (χ3v) is 3.54. The van der Waals surface area contributed by atoms with Crippen molar-refractivity contribution in [2.45, 2.75) is 13.0 Å². The number of hydrogen-bond donors (Lipinski definition) is 0. The molecule has 0 N–H and O–H groups in total. The Kier molecular flexibility index (Phi) is 3.19. The second-order valence-electron chi connectivity index (χ2n) is 4.78. The lowest BCUT2D eigenvalue weighted by Crippen LogP contribution is -2.37. The number of nitrogens with zero attached hydrogens (tertiary/aromatic N) is 1. The summed E-state index contributed by atoms with van der Waals surface area (Å²) >= 11 is 0. The number of rotatable bonds is 1. The smallest absolute Gasteiger partial charge is 0.228 e. The van der Waals surface area contributed by atoms with Crippen LogP contribution in [0.2, 0.25) is 0 Å². The number of para-hydroxylation sites is 1. The first-order valence-corrected chi connectivity index (χ1v) is 6.42. The molecule has 2 aliphatic rings. The number of hydrogen-bond acceptors (Lipinski definition) is 3. The second-order valence-corrected chi connectivity index (χ2v) is 4.78. The van der Waals surface area contributed by atoms with Crippen molar-refractivity contribution in [3.05, 3.63) is 29.8 Å². The zero-order valence-electron chi connectivity index (χ0n) is 10.3. The van der Waals surface area contributed by atoms with Gasteiger partial charge in [0.05, 0.1) is 19.1 Å². The summed E-state index contributed by atoms with van der Waals surface area (Å²) in [6.45, 7) is 3.14. The Bertz CT molecular complexity index is 440. The summed E-state index contributed by atoms with van der Waals surface area (Å²) in [5, 5.41) is 0. The Labute approximate surface area is 106 Å². The van der Waals surface area contributed by atoms with Crippen LogP contribution in [0.5, 0.6) is 5.75 Å². The van der Waals surface area contributed by atoms with Gasteiger partial charge < -0.3 is 14.4 Å². The van der Waals surface area contributed by atoms with Crippen molar-refractivity contribution in [3.63, 3.8) is 0 Å². The van der Waals surface area contributed by atoms with E-state index < -0.39 is 0 Å². The maximum Gasteiger partial charge on any atom is 0.228 e. The minimum absolute atomic E-state index is 0.0373. The van der Waals surface area contributed by atoms with E-state index in [1.165, 1.54) is 0 Å². The molecule has 1 aromatic rings. The summed E-state index contributed by atoms with van der Waals surface area (Å²) in [6, 6.07) is 7.92. The van der Waals surface area contributed by atoms with Crippen molar-refractivity contribution >= 4 is 5.91 Å². The zero-order chi connectivity index (χ0) is 12.4. The zero-order valence-corrected chi connectivity index (χ0v) is 10.3. The third kappa shape index (κ3) is 2.20. The van der Waals surface area contributed by atoms with Crippen molar-refractivity contribution in [2.75, 3.05) is 26.4 Å². The number of carbonyl (C=O) groups excluding carboxylic acids is 1. The Morgan fingerprint density at radius 2 is 2.17 bits per heavy atom. The van der Waals surface area contributed by atoms with E-state index >= 15 is 0 Å². The summed E-state index contributed by atoms with van der Waals surface area (Å²) in [7, 11) is 0. The average Bonchev–Trinajstić information content (AvgIpc) is 2.84. The maximum atomic E-state index is 12.4. The van der Waals surface area contributed by atoms with Gasteiger partial charge >= 0.3 is 0 Å². The summed E-state index contributed by atoms with van der Waals surface area (Å²) in [5.74, 6) is 1.14.